The fourth-order valence-electron chi connectivity index (χ4n) is 2.00. The van der Waals surface area contributed by atoms with Gasteiger partial charge in [0.05, 0.1) is 5.69 Å². The topological polar surface area (TPSA) is 89.4 Å². The van der Waals surface area contributed by atoms with Crippen molar-refractivity contribution in [1.82, 2.24) is 0 Å². The number of nitrogens with zero attached hydrogens (tertiary/aromatic N) is 1. The fourth-order valence-corrected chi connectivity index (χ4v) is 2.64. The number of rotatable bonds is 3. The minimum atomic E-state index is -3.73. The molecule has 0 unspecified atom stereocenters. The van der Waals surface area contributed by atoms with E-state index in [1.165, 1.54) is 25.3 Å². The standard InChI is InChI=1S/C11H17N3O2S/c1-14(8-3-2-4-8)9-5-6-11(10(12)7-9)17(13,15)16/h5-8H,2-4,12H2,1H3,(H2,13,15,16). The summed E-state index contributed by atoms with van der Waals surface area (Å²) < 4.78 is 22.4. The second kappa shape index (κ2) is 4.19. The second-order valence-corrected chi connectivity index (χ2v) is 5.99. The van der Waals surface area contributed by atoms with Gasteiger partial charge in [0.2, 0.25) is 10.0 Å². The van der Waals surface area contributed by atoms with Crippen LogP contribution in [0.25, 0.3) is 0 Å². The van der Waals surface area contributed by atoms with E-state index in [0.717, 1.165) is 5.69 Å². The van der Waals surface area contributed by atoms with Crippen molar-refractivity contribution < 1.29 is 8.42 Å². The summed E-state index contributed by atoms with van der Waals surface area (Å²) in [5, 5.41) is 5.06. The van der Waals surface area contributed by atoms with Crippen LogP contribution in [0.1, 0.15) is 19.3 Å². The fraction of sp³-hybridized carbons (Fsp3) is 0.455. The Labute approximate surface area is 101 Å². The molecule has 2 rings (SSSR count). The van der Waals surface area contributed by atoms with Crippen molar-refractivity contribution in [2.45, 2.75) is 30.2 Å². The lowest BCUT2D eigenvalue weighted by atomic mass is 9.91. The van der Waals surface area contributed by atoms with Crippen molar-refractivity contribution in [2.75, 3.05) is 17.7 Å². The monoisotopic (exact) mass is 255 g/mol. The van der Waals surface area contributed by atoms with Crippen LogP contribution in [0.3, 0.4) is 0 Å². The minimum Gasteiger partial charge on any atom is -0.398 e. The number of nitrogens with two attached hydrogens (primary N) is 2. The van der Waals surface area contributed by atoms with E-state index in [2.05, 4.69) is 4.90 Å². The first-order valence-corrected chi connectivity index (χ1v) is 7.09. The molecule has 1 saturated carbocycles. The van der Waals surface area contributed by atoms with Gasteiger partial charge in [-0.1, -0.05) is 0 Å². The Hall–Kier alpha value is -1.27. The van der Waals surface area contributed by atoms with Gasteiger partial charge in [-0.2, -0.15) is 0 Å². The Morgan fingerprint density at radius 3 is 2.41 bits per heavy atom. The van der Waals surface area contributed by atoms with Crippen LogP contribution in [0.2, 0.25) is 0 Å². The molecule has 0 aliphatic heterocycles. The summed E-state index contributed by atoms with van der Waals surface area (Å²) in [5.74, 6) is 0. The Morgan fingerprint density at radius 2 is 2.00 bits per heavy atom. The van der Waals surface area contributed by atoms with Gasteiger partial charge in [-0.3, -0.25) is 0 Å². The zero-order valence-corrected chi connectivity index (χ0v) is 10.6. The highest BCUT2D eigenvalue weighted by atomic mass is 32.2. The van der Waals surface area contributed by atoms with Crippen molar-refractivity contribution >= 4 is 21.4 Å². The number of primary sulfonamides is 1. The highest BCUT2D eigenvalue weighted by Gasteiger charge is 2.23. The number of hydrogen-bond acceptors (Lipinski definition) is 4. The van der Waals surface area contributed by atoms with Gasteiger partial charge in [0.15, 0.2) is 0 Å². The predicted molar refractivity (Wildman–Crippen MR) is 68.3 cm³/mol. The van der Waals surface area contributed by atoms with Crippen LogP contribution in [0.5, 0.6) is 0 Å². The first kappa shape index (κ1) is 12.2. The number of hydrogen-bond donors (Lipinski definition) is 2. The zero-order chi connectivity index (χ0) is 12.6. The van der Waals surface area contributed by atoms with E-state index < -0.39 is 10.0 Å². The van der Waals surface area contributed by atoms with E-state index in [1.807, 2.05) is 7.05 Å². The molecule has 6 heteroatoms. The van der Waals surface area contributed by atoms with Gasteiger partial charge in [0.1, 0.15) is 4.90 Å². The van der Waals surface area contributed by atoms with Crippen LogP contribution in [0.4, 0.5) is 11.4 Å². The summed E-state index contributed by atoms with van der Waals surface area (Å²) in [5.41, 5.74) is 6.85. The summed E-state index contributed by atoms with van der Waals surface area (Å²) in [6.45, 7) is 0. The Bertz CT molecular complexity index is 524. The second-order valence-electron chi connectivity index (χ2n) is 4.46. The molecule has 0 saturated heterocycles. The molecule has 0 spiro atoms. The van der Waals surface area contributed by atoms with Gasteiger partial charge in [-0.15, -0.1) is 0 Å². The molecule has 0 amide bonds. The van der Waals surface area contributed by atoms with Crippen LogP contribution in [-0.4, -0.2) is 21.5 Å². The Balaban J connectivity index is 2.30. The summed E-state index contributed by atoms with van der Waals surface area (Å²) in [6.07, 6.45) is 3.60. The first-order chi connectivity index (χ1) is 7.89. The van der Waals surface area contributed by atoms with Crippen molar-refractivity contribution in [3.05, 3.63) is 18.2 Å². The highest BCUT2D eigenvalue weighted by molar-refractivity contribution is 7.89. The molecule has 0 atom stereocenters. The predicted octanol–water partition coefficient (Wildman–Crippen LogP) is 0.905. The van der Waals surface area contributed by atoms with Gasteiger partial charge >= 0.3 is 0 Å². The Kier molecular flexibility index (Phi) is 3.01. The van der Waals surface area contributed by atoms with Crippen LogP contribution < -0.4 is 15.8 Å². The van der Waals surface area contributed by atoms with Gasteiger partial charge in [-0.25, -0.2) is 13.6 Å². The first-order valence-electron chi connectivity index (χ1n) is 5.55. The van der Waals surface area contributed by atoms with Crippen molar-refractivity contribution in [3.63, 3.8) is 0 Å². The van der Waals surface area contributed by atoms with Crippen molar-refractivity contribution in [1.29, 1.82) is 0 Å². The lowest BCUT2D eigenvalue weighted by Crippen LogP contribution is -2.37. The summed E-state index contributed by atoms with van der Waals surface area (Å²) >= 11 is 0. The number of nitrogen functional groups attached to an aromatic ring is 1. The van der Waals surface area contributed by atoms with E-state index in [4.69, 9.17) is 10.9 Å². The molecule has 0 radical (unpaired) electrons. The van der Waals surface area contributed by atoms with Gasteiger partial charge in [0.25, 0.3) is 0 Å². The highest BCUT2D eigenvalue weighted by Crippen LogP contribution is 2.30. The lowest BCUT2D eigenvalue weighted by Gasteiger charge is -2.36. The van der Waals surface area contributed by atoms with E-state index in [0.29, 0.717) is 6.04 Å². The summed E-state index contributed by atoms with van der Waals surface area (Å²) in [4.78, 5) is 2.12. The molecule has 17 heavy (non-hydrogen) atoms. The average Bonchev–Trinajstić information content (AvgIpc) is 2.12. The molecule has 0 aromatic heterocycles. The molecule has 94 valence electrons. The van der Waals surface area contributed by atoms with Crippen LogP contribution >= 0.6 is 0 Å². The quantitative estimate of drug-likeness (QED) is 0.785. The third-order valence-electron chi connectivity index (χ3n) is 3.33. The van der Waals surface area contributed by atoms with E-state index >= 15 is 0 Å². The molecule has 0 heterocycles. The Morgan fingerprint density at radius 1 is 1.35 bits per heavy atom. The van der Waals surface area contributed by atoms with Gasteiger partial charge in [-0.05, 0) is 37.5 Å². The summed E-state index contributed by atoms with van der Waals surface area (Å²) in [6, 6.07) is 5.41. The van der Waals surface area contributed by atoms with Crippen LogP contribution in [0.15, 0.2) is 23.1 Å². The maximum atomic E-state index is 11.2. The third-order valence-corrected chi connectivity index (χ3v) is 4.31. The smallest absolute Gasteiger partial charge is 0.240 e. The van der Waals surface area contributed by atoms with E-state index in [9.17, 15) is 8.42 Å². The maximum Gasteiger partial charge on any atom is 0.240 e. The minimum absolute atomic E-state index is 0.0109. The third kappa shape index (κ3) is 2.37. The molecular weight excluding hydrogens is 238 g/mol. The molecule has 1 aliphatic rings. The van der Waals surface area contributed by atoms with Crippen LogP contribution in [0, 0.1) is 0 Å². The lowest BCUT2D eigenvalue weighted by molar-refractivity contribution is 0.401. The maximum absolute atomic E-state index is 11.2. The number of benzene rings is 1. The molecule has 1 aliphatic carbocycles. The van der Waals surface area contributed by atoms with Crippen molar-refractivity contribution in [2.24, 2.45) is 5.14 Å². The van der Waals surface area contributed by atoms with Crippen LogP contribution in [-0.2, 0) is 10.0 Å². The molecular formula is C11H17N3O2S. The largest absolute Gasteiger partial charge is 0.398 e. The van der Waals surface area contributed by atoms with Gasteiger partial charge < -0.3 is 10.6 Å². The van der Waals surface area contributed by atoms with Crippen molar-refractivity contribution in [3.8, 4) is 0 Å². The zero-order valence-electron chi connectivity index (χ0n) is 9.76. The molecule has 5 nitrogen and oxygen atoms in total. The molecule has 4 N–H and O–H groups in total. The number of anilines is 2. The molecule has 1 fully saturated rings. The normalized spacial score (nSPS) is 16.6. The molecule has 0 bridgehead atoms. The number of sulfonamides is 1. The van der Waals surface area contributed by atoms with Gasteiger partial charge in [0, 0.05) is 18.8 Å². The van der Waals surface area contributed by atoms with E-state index in [-0.39, 0.29) is 10.6 Å². The van der Waals surface area contributed by atoms with E-state index in [1.54, 1.807) is 12.1 Å². The molecule has 1 aromatic rings. The average molecular weight is 255 g/mol. The SMILES string of the molecule is CN(c1ccc(S(N)(=O)=O)c(N)c1)C1CCC1. The molecule has 1 aromatic carbocycles. The summed E-state index contributed by atoms with van der Waals surface area (Å²) in [7, 11) is -1.74.